The molecular weight excluding hydrogens is 509 g/mol. The second-order valence-electron chi connectivity index (χ2n) is 9.93. The number of carbonyl (C=O) groups is 1. The molecule has 200 valence electrons. The maximum Gasteiger partial charge on any atom is 0.337 e. The average molecular weight is 542 g/mol. The topological polar surface area (TPSA) is 38.8 Å². The van der Waals surface area contributed by atoms with Crippen molar-refractivity contribution in [3.05, 3.63) is 125 Å². The molecule has 0 bridgehead atoms. The molecule has 6 heteroatoms. The normalized spacial score (nSPS) is 16.3. The lowest BCUT2D eigenvalue weighted by molar-refractivity contribution is 0.0600. The van der Waals surface area contributed by atoms with Gasteiger partial charge in [-0.25, -0.2) is 9.18 Å². The zero-order valence-electron chi connectivity index (χ0n) is 22.6. The number of hydrogen-bond donors (Lipinski definition) is 0. The highest BCUT2D eigenvalue weighted by Gasteiger charge is 2.43. The van der Waals surface area contributed by atoms with Gasteiger partial charge < -0.3 is 14.4 Å². The highest BCUT2D eigenvalue weighted by molar-refractivity contribution is 8.00. The van der Waals surface area contributed by atoms with Crippen LogP contribution in [0.15, 0.2) is 91.0 Å². The number of fused-ring (bicyclic) bond motifs is 1. The van der Waals surface area contributed by atoms with Gasteiger partial charge in [0, 0.05) is 28.1 Å². The molecule has 0 saturated heterocycles. The number of aryl methyl sites for hydroxylation is 1. The molecule has 4 nitrogen and oxygen atoms in total. The first kappa shape index (κ1) is 26.8. The summed E-state index contributed by atoms with van der Waals surface area (Å²) in [5, 5.41) is 0.314. The fourth-order valence-electron chi connectivity index (χ4n) is 5.10. The van der Waals surface area contributed by atoms with Gasteiger partial charge in [0.25, 0.3) is 0 Å². The molecule has 1 aliphatic rings. The smallest absolute Gasteiger partial charge is 0.337 e. The van der Waals surface area contributed by atoms with Crippen molar-refractivity contribution in [2.75, 3.05) is 12.0 Å². The van der Waals surface area contributed by atoms with E-state index in [0.717, 1.165) is 33.8 Å². The minimum absolute atomic E-state index is 0.0182. The molecule has 0 saturated carbocycles. The van der Waals surface area contributed by atoms with Gasteiger partial charge >= 0.3 is 5.97 Å². The van der Waals surface area contributed by atoms with E-state index in [0.29, 0.717) is 23.0 Å². The number of thioether (sulfide) groups is 1. The van der Waals surface area contributed by atoms with Crippen molar-refractivity contribution < 1.29 is 18.7 Å². The Bertz CT molecular complexity index is 1460. The number of hydrogen-bond acceptors (Lipinski definition) is 5. The van der Waals surface area contributed by atoms with Crippen molar-refractivity contribution in [1.82, 2.24) is 0 Å². The SMILES string of the molecule is COC(=O)c1ccc(C2c3c(OCc4ccccc4)cccc3N(c3ccc(F)c(C)c3)C2SC(C)C)cc1. The average Bonchev–Trinajstić information content (AvgIpc) is 3.27. The molecule has 1 heterocycles. The number of rotatable bonds is 8. The summed E-state index contributed by atoms with van der Waals surface area (Å²) >= 11 is 1.86. The van der Waals surface area contributed by atoms with E-state index in [1.807, 2.05) is 78.5 Å². The van der Waals surface area contributed by atoms with Crippen molar-refractivity contribution >= 4 is 29.1 Å². The van der Waals surface area contributed by atoms with E-state index in [9.17, 15) is 9.18 Å². The lowest BCUT2D eigenvalue weighted by Gasteiger charge is -2.32. The fourth-order valence-corrected chi connectivity index (χ4v) is 6.47. The molecule has 4 aromatic rings. The maximum atomic E-state index is 14.3. The molecule has 0 radical (unpaired) electrons. The first-order valence-corrected chi connectivity index (χ1v) is 14.0. The molecule has 5 rings (SSSR count). The third-order valence-electron chi connectivity index (χ3n) is 6.91. The van der Waals surface area contributed by atoms with Crippen LogP contribution in [0.5, 0.6) is 5.75 Å². The summed E-state index contributed by atoms with van der Waals surface area (Å²) in [6.07, 6.45) is 0. The minimum atomic E-state index is -0.364. The molecule has 0 N–H and O–H groups in total. The second-order valence-corrected chi connectivity index (χ2v) is 11.6. The molecule has 0 aromatic heterocycles. The van der Waals surface area contributed by atoms with Crippen molar-refractivity contribution in [2.24, 2.45) is 0 Å². The van der Waals surface area contributed by atoms with Crippen LogP contribution in [-0.2, 0) is 11.3 Å². The molecule has 2 unspecified atom stereocenters. The van der Waals surface area contributed by atoms with Gasteiger partial charge in [0.1, 0.15) is 18.2 Å². The summed E-state index contributed by atoms with van der Waals surface area (Å²) in [4.78, 5) is 14.4. The third kappa shape index (κ3) is 5.52. The molecule has 2 atom stereocenters. The van der Waals surface area contributed by atoms with Crippen molar-refractivity contribution in [3.63, 3.8) is 0 Å². The summed E-state index contributed by atoms with van der Waals surface area (Å²) < 4.78 is 25.7. The Hall–Kier alpha value is -3.77. The number of halogens is 1. The zero-order chi connectivity index (χ0) is 27.5. The first-order valence-electron chi connectivity index (χ1n) is 13.1. The Morgan fingerprint density at radius 3 is 2.38 bits per heavy atom. The monoisotopic (exact) mass is 541 g/mol. The third-order valence-corrected chi connectivity index (χ3v) is 8.22. The number of anilines is 2. The molecule has 0 spiro atoms. The molecule has 1 aliphatic heterocycles. The lowest BCUT2D eigenvalue weighted by atomic mass is 9.91. The summed E-state index contributed by atoms with van der Waals surface area (Å²) in [5.74, 6) is 0.170. The van der Waals surface area contributed by atoms with Crippen LogP contribution in [0.2, 0.25) is 0 Å². The maximum absolute atomic E-state index is 14.3. The first-order chi connectivity index (χ1) is 18.9. The van der Waals surface area contributed by atoms with Gasteiger partial charge in [-0.1, -0.05) is 62.4 Å². The predicted octanol–water partition coefficient (Wildman–Crippen LogP) is 8.25. The van der Waals surface area contributed by atoms with E-state index in [1.165, 1.54) is 13.2 Å². The van der Waals surface area contributed by atoms with E-state index in [-0.39, 0.29) is 23.1 Å². The predicted molar refractivity (Wildman–Crippen MR) is 157 cm³/mol. The van der Waals surface area contributed by atoms with E-state index >= 15 is 0 Å². The number of benzene rings is 4. The van der Waals surface area contributed by atoms with Gasteiger partial charge in [0.2, 0.25) is 0 Å². The fraction of sp³-hybridized carbons (Fsp3) is 0.242. The Kier molecular flexibility index (Phi) is 7.94. The van der Waals surface area contributed by atoms with E-state index < -0.39 is 0 Å². The number of methoxy groups -OCH3 is 1. The number of carbonyl (C=O) groups excluding carboxylic acids is 1. The van der Waals surface area contributed by atoms with Crippen LogP contribution in [0.4, 0.5) is 15.8 Å². The quantitative estimate of drug-likeness (QED) is 0.210. The number of ether oxygens (including phenoxy) is 2. The Balaban J connectivity index is 1.66. The summed E-state index contributed by atoms with van der Waals surface area (Å²) in [7, 11) is 1.39. The zero-order valence-corrected chi connectivity index (χ0v) is 23.4. The second kappa shape index (κ2) is 11.5. The summed E-state index contributed by atoms with van der Waals surface area (Å²) in [6.45, 7) is 6.61. The number of nitrogens with zero attached hydrogens (tertiary/aromatic N) is 1. The van der Waals surface area contributed by atoms with Crippen LogP contribution in [-0.4, -0.2) is 23.7 Å². The van der Waals surface area contributed by atoms with E-state index in [2.05, 4.69) is 36.9 Å². The van der Waals surface area contributed by atoms with E-state index in [4.69, 9.17) is 9.47 Å². The minimum Gasteiger partial charge on any atom is -0.489 e. The van der Waals surface area contributed by atoms with Gasteiger partial charge in [0.05, 0.1) is 18.0 Å². The lowest BCUT2D eigenvalue weighted by Crippen LogP contribution is -2.29. The molecule has 0 aliphatic carbocycles. The highest BCUT2D eigenvalue weighted by Crippen LogP contribution is 2.55. The van der Waals surface area contributed by atoms with Crippen molar-refractivity contribution in [3.8, 4) is 5.75 Å². The van der Waals surface area contributed by atoms with Gasteiger partial charge in [0.15, 0.2) is 0 Å². The van der Waals surface area contributed by atoms with Crippen LogP contribution in [0.3, 0.4) is 0 Å². The Morgan fingerprint density at radius 2 is 1.72 bits per heavy atom. The van der Waals surface area contributed by atoms with Gasteiger partial charge in [-0.2, -0.15) is 0 Å². The van der Waals surface area contributed by atoms with E-state index in [1.54, 1.807) is 6.92 Å². The molecule has 4 aromatic carbocycles. The molecule has 39 heavy (non-hydrogen) atoms. The number of esters is 1. The molecule has 0 amide bonds. The van der Waals surface area contributed by atoms with Crippen LogP contribution >= 0.6 is 11.8 Å². The van der Waals surface area contributed by atoms with Crippen LogP contribution in [0, 0.1) is 12.7 Å². The largest absolute Gasteiger partial charge is 0.489 e. The summed E-state index contributed by atoms with van der Waals surface area (Å²) in [6, 6.07) is 29.2. The highest BCUT2D eigenvalue weighted by atomic mass is 32.2. The van der Waals surface area contributed by atoms with Gasteiger partial charge in [-0.15, -0.1) is 11.8 Å². The summed E-state index contributed by atoms with van der Waals surface area (Å²) in [5.41, 5.74) is 6.32. The van der Waals surface area contributed by atoms with Crippen LogP contribution in [0.25, 0.3) is 0 Å². The molecule has 0 fully saturated rings. The van der Waals surface area contributed by atoms with Crippen molar-refractivity contribution in [2.45, 2.75) is 43.9 Å². The van der Waals surface area contributed by atoms with Crippen LogP contribution in [0.1, 0.15) is 52.4 Å². The van der Waals surface area contributed by atoms with Crippen LogP contribution < -0.4 is 9.64 Å². The molecular formula is C33H32FNO3S. The van der Waals surface area contributed by atoms with Crippen molar-refractivity contribution in [1.29, 1.82) is 0 Å². The Morgan fingerprint density at radius 1 is 0.974 bits per heavy atom. The van der Waals surface area contributed by atoms with Gasteiger partial charge in [-0.3, -0.25) is 0 Å². The standard InChI is InChI=1S/C33H32FNO3S/c1-21(2)39-32-30(24-13-15-25(16-14-24)33(36)37-4)31-28(35(32)26-17-18-27(34)22(3)19-26)11-8-12-29(31)38-20-23-9-6-5-7-10-23/h5-19,21,30,32H,20H2,1-4H3. The van der Waals surface area contributed by atoms with Gasteiger partial charge in [-0.05, 0) is 66.1 Å². The Labute approximate surface area is 233 Å².